The minimum atomic E-state index is -2.66. The number of aromatic nitrogens is 4. The van der Waals surface area contributed by atoms with Gasteiger partial charge in [0.05, 0.1) is 30.0 Å². The van der Waals surface area contributed by atoms with E-state index in [-0.39, 0.29) is 68.4 Å². The van der Waals surface area contributed by atoms with Gasteiger partial charge in [-0.3, -0.25) is 14.2 Å². The van der Waals surface area contributed by atoms with Crippen molar-refractivity contribution in [3.63, 3.8) is 0 Å². The highest BCUT2D eigenvalue weighted by Gasteiger charge is 2.36. The minimum absolute atomic E-state index is 0. The lowest BCUT2D eigenvalue weighted by molar-refractivity contribution is -0.137. The number of alkyl halides is 2. The zero-order chi connectivity index (χ0) is 29.4. The fraction of sp³-hybridized carbons (Fsp3) is 0.419. The van der Waals surface area contributed by atoms with Crippen LogP contribution < -0.4 is 10.9 Å². The van der Waals surface area contributed by atoms with Crippen LogP contribution >= 0.6 is 12.4 Å². The average Bonchev–Trinajstić information content (AvgIpc) is 3.62. The number of carbonyl (C=O) groups excluding carboxylic acids is 1. The van der Waals surface area contributed by atoms with Gasteiger partial charge in [0, 0.05) is 31.1 Å². The fourth-order valence-electron chi connectivity index (χ4n) is 6.21. The van der Waals surface area contributed by atoms with Gasteiger partial charge in [-0.1, -0.05) is 42.5 Å². The molecule has 6 rings (SSSR count). The standard InChI is InChI=1S/C31H34F2N6O3.ClH/c1-34-24-14-21-7-8-22(13-23(21)15-24)26-17-35-29-30(41)38(19-36-39(26)29)18-31(42)9-11-37(12-10-31)27(40)16-25(28(32)33)20-5-3-2-4-6-20;/h2-8,13,17,19,24-25,28,34,42H,9-12,14-16,18H2,1H3;1H. The van der Waals surface area contributed by atoms with E-state index in [9.17, 15) is 23.5 Å². The summed E-state index contributed by atoms with van der Waals surface area (Å²) in [6.07, 6.45) is 2.44. The van der Waals surface area contributed by atoms with Crippen LogP contribution in [-0.2, 0) is 24.2 Å². The number of amides is 1. The molecule has 2 atom stereocenters. The number of hydrogen-bond donors (Lipinski definition) is 2. The normalized spacial score (nSPS) is 18.4. The molecule has 1 fully saturated rings. The van der Waals surface area contributed by atoms with Gasteiger partial charge in [-0.25, -0.2) is 18.3 Å². The molecule has 2 unspecified atom stereocenters. The number of nitrogens with zero attached hydrogens (tertiary/aromatic N) is 5. The number of imidazole rings is 1. The van der Waals surface area contributed by atoms with E-state index in [0.717, 1.165) is 18.4 Å². The molecular weight excluding hydrogens is 578 g/mol. The molecule has 2 N–H and O–H groups in total. The van der Waals surface area contributed by atoms with E-state index in [1.165, 1.54) is 31.4 Å². The van der Waals surface area contributed by atoms with E-state index in [1.807, 2.05) is 13.1 Å². The Bertz CT molecular complexity index is 1650. The molecule has 2 aromatic carbocycles. The van der Waals surface area contributed by atoms with Crippen LogP contribution in [0.2, 0.25) is 0 Å². The van der Waals surface area contributed by atoms with Crippen LogP contribution in [0.15, 0.2) is 65.8 Å². The lowest BCUT2D eigenvalue weighted by atomic mass is 9.90. The van der Waals surface area contributed by atoms with Gasteiger partial charge >= 0.3 is 0 Å². The van der Waals surface area contributed by atoms with Gasteiger partial charge < -0.3 is 15.3 Å². The number of benzene rings is 2. The Morgan fingerprint density at radius 1 is 1.12 bits per heavy atom. The Morgan fingerprint density at radius 3 is 2.53 bits per heavy atom. The third kappa shape index (κ3) is 6.20. The molecule has 0 bridgehead atoms. The lowest BCUT2D eigenvalue weighted by Gasteiger charge is -2.38. The molecule has 0 saturated carbocycles. The SMILES string of the molecule is CNC1Cc2ccc(-c3cnc4c(=O)n(CC5(O)CCN(C(=O)CC(c6ccccc6)C(F)F)CC5)cnn34)cc2C1.Cl. The largest absolute Gasteiger partial charge is 0.388 e. The molecule has 1 aliphatic carbocycles. The van der Waals surface area contributed by atoms with E-state index in [2.05, 4.69) is 27.5 Å². The summed E-state index contributed by atoms with van der Waals surface area (Å²) in [4.78, 5) is 32.1. The molecule has 12 heteroatoms. The molecule has 2 aromatic heterocycles. The molecule has 2 aliphatic rings. The molecule has 3 heterocycles. The van der Waals surface area contributed by atoms with Gasteiger partial charge in [-0.05, 0) is 55.5 Å². The number of hydrogen-bond acceptors (Lipinski definition) is 6. The molecule has 1 amide bonds. The monoisotopic (exact) mass is 612 g/mol. The van der Waals surface area contributed by atoms with Crippen molar-refractivity contribution in [1.29, 1.82) is 0 Å². The number of rotatable bonds is 8. The first-order valence-corrected chi connectivity index (χ1v) is 14.3. The highest BCUT2D eigenvalue weighted by atomic mass is 35.5. The van der Waals surface area contributed by atoms with Crippen LogP contribution in [-0.4, -0.2) is 73.3 Å². The van der Waals surface area contributed by atoms with Crippen LogP contribution in [0.4, 0.5) is 8.78 Å². The number of carbonyl (C=O) groups is 1. The maximum absolute atomic E-state index is 13.7. The van der Waals surface area contributed by atoms with Crippen LogP contribution in [0.5, 0.6) is 0 Å². The summed E-state index contributed by atoms with van der Waals surface area (Å²) in [6.45, 7) is 0.420. The second-order valence-corrected chi connectivity index (χ2v) is 11.5. The summed E-state index contributed by atoms with van der Waals surface area (Å²) in [5, 5.41) is 19.1. The maximum atomic E-state index is 13.7. The average molecular weight is 613 g/mol. The highest BCUT2D eigenvalue weighted by Crippen LogP contribution is 2.31. The van der Waals surface area contributed by atoms with Crippen LogP contribution in [0.3, 0.4) is 0 Å². The van der Waals surface area contributed by atoms with Crippen molar-refractivity contribution in [3.8, 4) is 11.3 Å². The molecule has 9 nitrogen and oxygen atoms in total. The molecule has 228 valence electrons. The summed E-state index contributed by atoms with van der Waals surface area (Å²) in [5.74, 6) is -1.55. The van der Waals surface area contributed by atoms with Crippen molar-refractivity contribution in [2.75, 3.05) is 20.1 Å². The first-order valence-electron chi connectivity index (χ1n) is 14.3. The smallest absolute Gasteiger partial charge is 0.296 e. The molecule has 0 spiro atoms. The number of likely N-dealkylation sites (N-methyl/N-ethyl adjacent to an activating group) is 1. The Balaban J connectivity index is 0.00000368. The first kappa shape index (κ1) is 30.8. The van der Waals surface area contributed by atoms with Crippen LogP contribution in [0.25, 0.3) is 16.9 Å². The van der Waals surface area contributed by atoms with E-state index >= 15 is 0 Å². The second-order valence-electron chi connectivity index (χ2n) is 11.5. The summed E-state index contributed by atoms with van der Waals surface area (Å²) in [7, 11) is 1.97. The summed E-state index contributed by atoms with van der Waals surface area (Å²) >= 11 is 0. The number of halogens is 3. The quantitative estimate of drug-likeness (QED) is 0.316. The van der Waals surface area contributed by atoms with Gasteiger partial charge in [0.15, 0.2) is 0 Å². The van der Waals surface area contributed by atoms with E-state index < -0.39 is 17.9 Å². The predicted octanol–water partition coefficient (Wildman–Crippen LogP) is 3.46. The number of likely N-dealkylation sites (tertiary alicyclic amines) is 1. The van der Waals surface area contributed by atoms with Crippen LogP contribution in [0.1, 0.15) is 41.9 Å². The Hall–Kier alpha value is -3.67. The number of aliphatic hydroxyl groups is 1. The van der Waals surface area contributed by atoms with Gasteiger partial charge in [-0.2, -0.15) is 5.10 Å². The summed E-state index contributed by atoms with van der Waals surface area (Å²) in [5.41, 5.74) is 3.20. The summed E-state index contributed by atoms with van der Waals surface area (Å²) in [6, 6.07) is 15.0. The summed E-state index contributed by atoms with van der Waals surface area (Å²) < 4.78 is 30.4. The third-order valence-corrected chi connectivity index (χ3v) is 8.78. The topological polar surface area (TPSA) is 105 Å². The van der Waals surface area contributed by atoms with Crippen molar-refractivity contribution >= 4 is 24.0 Å². The third-order valence-electron chi connectivity index (χ3n) is 8.78. The molecule has 1 saturated heterocycles. The number of piperidine rings is 1. The van der Waals surface area contributed by atoms with E-state index in [4.69, 9.17) is 0 Å². The zero-order valence-corrected chi connectivity index (χ0v) is 24.6. The van der Waals surface area contributed by atoms with Gasteiger partial charge in [0.1, 0.15) is 6.33 Å². The Morgan fingerprint density at radius 2 is 1.84 bits per heavy atom. The zero-order valence-electron chi connectivity index (χ0n) is 23.8. The van der Waals surface area contributed by atoms with Gasteiger partial charge in [0.2, 0.25) is 18.0 Å². The predicted molar refractivity (Wildman–Crippen MR) is 161 cm³/mol. The first-order chi connectivity index (χ1) is 20.2. The molecule has 43 heavy (non-hydrogen) atoms. The van der Waals surface area contributed by atoms with Crippen molar-refractivity contribution < 1.29 is 18.7 Å². The highest BCUT2D eigenvalue weighted by molar-refractivity contribution is 5.85. The number of nitrogens with one attached hydrogen (secondary N) is 1. The van der Waals surface area contributed by atoms with Gasteiger partial charge in [-0.15, -0.1) is 12.4 Å². The Labute approximate surface area is 254 Å². The molecule has 0 radical (unpaired) electrons. The van der Waals surface area contributed by atoms with Crippen molar-refractivity contribution in [2.24, 2.45) is 0 Å². The Kier molecular flexibility index (Phi) is 8.96. The molecular formula is C31H35ClF2N6O3. The fourth-order valence-corrected chi connectivity index (χ4v) is 6.21. The van der Waals surface area contributed by atoms with Crippen LogP contribution in [0, 0.1) is 0 Å². The van der Waals surface area contributed by atoms with E-state index in [1.54, 1.807) is 36.5 Å². The molecule has 1 aliphatic heterocycles. The maximum Gasteiger partial charge on any atom is 0.296 e. The molecule has 4 aromatic rings. The van der Waals surface area contributed by atoms with Crippen molar-refractivity contribution in [3.05, 3.63) is 88.1 Å². The van der Waals surface area contributed by atoms with Crippen molar-refractivity contribution in [2.45, 2.75) is 62.6 Å². The minimum Gasteiger partial charge on any atom is -0.388 e. The van der Waals surface area contributed by atoms with Crippen molar-refractivity contribution in [1.82, 2.24) is 29.4 Å². The number of fused-ring (bicyclic) bond motifs is 2. The second kappa shape index (κ2) is 12.5. The van der Waals surface area contributed by atoms with E-state index in [0.29, 0.717) is 17.3 Å². The lowest BCUT2D eigenvalue weighted by Crippen LogP contribution is -2.50. The van der Waals surface area contributed by atoms with Gasteiger partial charge in [0.25, 0.3) is 5.56 Å².